The lowest BCUT2D eigenvalue weighted by Crippen LogP contribution is -2.04. The summed E-state index contributed by atoms with van der Waals surface area (Å²) in [5.74, 6) is 0. The number of hydrogen-bond acceptors (Lipinski definition) is 0. The molecule has 0 saturated carbocycles. The van der Waals surface area contributed by atoms with Crippen LogP contribution in [0.25, 0.3) is 66.1 Å². The summed E-state index contributed by atoms with van der Waals surface area (Å²) in [6.45, 7) is 0. The molecule has 1 nitrogen and oxygen atoms in total. The van der Waals surface area contributed by atoms with Gasteiger partial charge in [0.25, 0.3) is 0 Å². The molecule has 172 valence electrons. The quantitative estimate of drug-likeness (QED) is 0.222. The number of aromatic nitrogens is 1. The molecule has 1 aliphatic carbocycles. The fraction of sp³-hybridized carbons (Fsp3) is 0.0556. The Morgan fingerprint density at radius 3 is 2.35 bits per heavy atom. The molecule has 1 heteroatoms. The number of hydrogen-bond donors (Lipinski definition) is 0. The van der Waals surface area contributed by atoms with E-state index in [1.165, 1.54) is 65.9 Å². The van der Waals surface area contributed by atoms with Crippen LogP contribution < -0.4 is 0 Å². The van der Waals surface area contributed by atoms with Gasteiger partial charge in [0.2, 0.25) is 0 Å². The molecule has 7 aromatic rings. The van der Waals surface area contributed by atoms with Gasteiger partial charge in [-0.1, -0.05) is 97.1 Å². The molecule has 1 aliphatic rings. The number of rotatable bonds is 2. The lowest BCUT2D eigenvalue weighted by Gasteiger charge is -2.18. The molecular weight excluding hydrogens is 446 g/mol. The van der Waals surface area contributed by atoms with Gasteiger partial charge in [0, 0.05) is 27.4 Å². The summed E-state index contributed by atoms with van der Waals surface area (Å²) < 4.78 is 2.51. The predicted molar refractivity (Wildman–Crippen MR) is 156 cm³/mol. The number of benzene rings is 5. The van der Waals surface area contributed by atoms with E-state index in [1.54, 1.807) is 0 Å². The fourth-order valence-electron chi connectivity index (χ4n) is 6.28. The van der Waals surface area contributed by atoms with E-state index >= 15 is 0 Å². The maximum Gasteiger partial charge on any atom is 0.0550 e. The summed E-state index contributed by atoms with van der Waals surface area (Å²) >= 11 is 0. The van der Waals surface area contributed by atoms with E-state index in [1.807, 2.05) is 6.07 Å². The van der Waals surface area contributed by atoms with Crippen LogP contribution in [0.1, 0.15) is 17.7 Å². The van der Waals surface area contributed by atoms with Crippen molar-refractivity contribution in [2.24, 2.45) is 0 Å². The maximum atomic E-state index is 3.49. The monoisotopic (exact) mass is 469 g/mol. The first-order valence-electron chi connectivity index (χ1n) is 12.9. The number of fused-ring (bicyclic) bond motifs is 9. The van der Waals surface area contributed by atoms with Gasteiger partial charge in [-0.25, -0.2) is 0 Å². The van der Waals surface area contributed by atoms with Crippen molar-refractivity contribution in [2.45, 2.75) is 12.8 Å². The second kappa shape index (κ2) is 7.85. The Kier molecular flexibility index (Phi) is 4.33. The standard InChI is InChI=1S/C36H23N/c1-2-11-24(12-3-1)25-21-22-34-32(23-25)29-16-8-9-19-33(29)37(34)35-20-10-18-31-28-14-5-4-13-26(28)27-15-6-7-17-30(27)36(31)35/h1-6,8,10-16,18,20-23H,9,19H2. The first kappa shape index (κ1) is 20.4. The molecule has 0 N–H and O–H groups in total. The number of nitrogens with zero attached hydrogens (tertiary/aromatic N) is 1. The molecule has 0 radical (unpaired) electrons. The summed E-state index contributed by atoms with van der Waals surface area (Å²) in [5.41, 5.74) is 7.71. The van der Waals surface area contributed by atoms with Crippen molar-refractivity contribution in [1.29, 1.82) is 0 Å². The van der Waals surface area contributed by atoms with E-state index in [4.69, 9.17) is 0 Å². The minimum absolute atomic E-state index is 1.03. The highest BCUT2D eigenvalue weighted by atomic mass is 15.0. The van der Waals surface area contributed by atoms with E-state index in [2.05, 4.69) is 126 Å². The van der Waals surface area contributed by atoms with E-state index < -0.39 is 0 Å². The van der Waals surface area contributed by atoms with Gasteiger partial charge in [-0.05, 0) is 75.8 Å². The van der Waals surface area contributed by atoms with Crippen molar-refractivity contribution < 1.29 is 0 Å². The minimum atomic E-state index is 1.03. The highest BCUT2D eigenvalue weighted by Gasteiger charge is 2.21. The summed E-state index contributed by atoms with van der Waals surface area (Å²) in [7, 11) is 0. The topological polar surface area (TPSA) is 4.93 Å². The van der Waals surface area contributed by atoms with Crippen LogP contribution in [0.4, 0.5) is 0 Å². The highest BCUT2D eigenvalue weighted by molar-refractivity contribution is 6.27. The molecule has 0 saturated heterocycles. The third kappa shape index (κ3) is 2.94. The van der Waals surface area contributed by atoms with Crippen LogP contribution in [0.3, 0.4) is 0 Å². The summed E-state index contributed by atoms with van der Waals surface area (Å²) in [6, 6.07) is 44.0. The summed E-state index contributed by atoms with van der Waals surface area (Å²) in [6.07, 6.45) is 6.73. The van der Waals surface area contributed by atoms with Crippen molar-refractivity contribution in [1.82, 2.24) is 4.57 Å². The first-order valence-corrected chi connectivity index (χ1v) is 12.9. The second-order valence-corrected chi connectivity index (χ2v) is 9.87. The van der Waals surface area contributed by atoms with Crippen molar-refractivity contribution in [3.63, 3.8) is 0 Å². The molecule has 1 heterocycles. The largest absolute Gasteiger partial charge is 0.312 e. The predicted octanol–water partition coefficient (Wildman–Crippen LogP) is 9.32. The van der Waals surface area contributed by atoms with E-state index in [0.717, 1.165) is 18.2 Å². The van der Waals surface area contributed by atoms with E-state index in [-0.39, 0.29) is 0 Å². The van der Waals surface area contributed by atoms with Crippen LogP contribution in [0.5, 0.6) is 0 Å². The first-order chi connectivity index (χ1) is 18.4. The molecule has 37 heavy (non-hydrogen) atoms. The smallest absolute Gasteiger partial charge is 0.0550 e. The Morgan fingerprint density at radius 1 is 0.649 bits per heavy atom. The second-order valence-electron chi connectivity index (χ2n) is 9.87. The summed E-state index contributed by atoms with van der Waals surface area (Å²) in [4.78, 5) is 0. The Labute approximate surface area is 215 Å². The van der Waals surface area contributed by atoms with Gasteiger partial charge in [0.15, 0.2) is 0 Å². The molecule has 0 unspecified atom stereocenters. The van der Waals surface area contributed by atoms with E-state index in [0.29, 0.717) is 0 Å². The minimum Gasteiger partial charge on any atom is -0.312 e. The zero-order valence-electron chi connectivity index (χ0n) is 20.3. The SMILES string of the molecule is c1ccc2c(c#1)c1c(-n3c4c(c5cc(-c6ccccc6)ccc53)C=CCC4)cccc1c1ccccc21. The Bertz CT molecular complexity index is 1980. The fourth-order valence-corrected chi connectivity index (χ4v) is 6.28. The lowest BCUT2D eigenvalue weighted by atomic mass is 9.94. The molecule has 0 bridgehead atoms. The van der Waals surface area contributed by atoms with Gasteiger partial charge >= 0.3 is 0 Å². The molecular formula is C36H23N. The van der Waals surface area contributed by atoms with Crippen molar-refractivity contribution >= 4 is 49.3 Å². The van der Waals surface area contributed by atoms with Crippen molar-refractivity contribution in [2.75, 3.05) is 0 Å². The van der Waals surface area contributed by atoms with Gasteiger partial charge in [-0.15, -0.1) is 0 Å². The molecule has 0 atom stereocenters. The van der Waals surface area contributed by atoms with Crippen LogP contribution in [0.15, 0.2) is 109 Å². The van der Waals surface area contributed by atoms with Gasteiger partial charge < -0.3 is 4.57 Å². The average molecular weight is 470 g/mol. The normalized spacial score (nSPS) is 12.9. The third-order valence-corrected chi connectivity index (χ3v) is 7.89. The highest BCUT2D eigenvalue weighted by Crippen LogP contribution is 2.41. The Hall–Kier alpha value is -4.80. The van der Waals surface area contributed by atoms with Crippen molar-refractivity contribution in [3.8, 4) is 16.8 Å². The van der Waals surface area contributed by atoms with Crippen LogP contribution in [-0.4, -0.2) is 4.57 Å². The van der Waals surface area contributed by atoms with Crippen molar-refractivity contribution in [3.05, 3.63) is 133 Å². The molecule has 0 aliphatic heterocycles. The van der Waals surface area contributed by atoms with Gasteiger partial charge in [0.1, 0.15) is 0 Å². The maximum absolute atomic E-state index is 3.49. The van der Waals surface area contributed by atoms with Gasteiger partial charge in [-0.2, -0.15) is 0 Å². The van der Waals surface area contributed by atoms with Crippen LogP contribution in [0.2, 0.25) is 0 Å². The zero-order chi connectivity index (χ0) is 24.3. The molecule has 6 aromatic carbocycles. The molecule has 8 rings (SSSR count). The van der Waals surface area contributed by atoms with Crippen LogP contribution in [0, 0.1) is 12.1 Å². The molecule has 0 fully saturated rings. The van der Waals surface area contributed by atoms with Gasteiger partial charge in [-0.3, -0.25) is 0 Å². The number of allylic oxidation sites excluding steroid dienone is 1. The van der Waals surface area contributed by atoms with Crippen LogP contribution in [-0.2, 0) is 6.42 Å². The van der Waals surface area contributed by atoms with Gasteiger partial charge in [0.05, 0.1) is 11.2 Å². The molecule has 0 amide bonds. The zero-order valence-corrected chi connectivity index (χ0v) is 20.3. The lowest BCUT2D eigenvalue weighted by molar-refractivity contribution is 0.892. The molecule has 1 aromatic heterocycles. The average Bonchev–Trinajstić information content (AvgIpc) is 3.31. The van der Waals surface area contributed by atoms with E-state index in [9.17, 15) is 0 Å². The third-order valence-electron chi connectivity index (χ3n) is 7.89. The Balaban J connectivity index is 1.52. The summed E-state index contributed by atoms with van der Waals surface area (Å²) in [5, 5.41) is 8.73. The Morgan fingerprint density at radius 2 is 1.46 bits per heavy atom. The molecule has 0 spiro atoms. The van der Waals surface area contributed by atoms with Crippen LogP contribution >= 0.6 is 0 Å².